The molecule has 10 heteroatoms. The van der Waals surface area contributed by atoms with Crippen molar-refractivity contribution in [3.05, 3.63) is 95.9 Å². The number of rotatable bonds is 11. The predicted octanol–water partition coefficient (Wildman–Crippen LogP) is 4.21. The van der Waals surface area contributed by atoms with Gasteiger partial charge in [-0.05, 0) is 72.5 Å². The number of piperidine rings is 1. The normalized spacial score (nSPS) is 14.4. The molecule has 230 valence electrons. The topological polar surface area (TPSA) is 130 Å². The lowest BCUT2D eigenvalue weighted by Crippen LogP contribution is -2.61. The van der Waals surface area contributed by atoms with Crippen LogP contribution in [-0.2, 0) is 18.4 Å². The Bertz CT molecular complexity index is 1610. The third-order valence-electron chi connectivity index (χ3n) is 8.27. The molecule has 0 atom stereocenters. The van der Waals surface area contributed by atoms with Gasteiger partial charge in [-0.25, -0.2) is 4.39 Å². The zero-order valence-corrected chi connectivity index (χ0v) is 24.6. The van der Waals surface area contributed by atoms with Crippen molar-refractivity contribution in [2.45, 2.75) is 31.3 Å². The molecular weight excluding hydrogens is 563 g/mol. The number of hydrogen-bond acceptors (Lipinski definition) is 6. The third-order valence-corrected chi connectivity index (χ3v) is 8.27. The summed E-state index contributed by atoms with van der Waals surface area (Å²) in [4.78, 5) is 28.3. The van der Waals surface area contributed by atoms with E-state index in [4.69, 9.17) is 15.6 Å². The molecule has 4 aromatic rings. The number of likely N-dealkylation sites (tertiary alicyclic amines) is 1. The summed E-state index contributed by atoms with van der Waals surface area (Å²) in [6, 6.07) is 22.3. The molecule has 44 heavy (non-hydrogen) atoms. The van der Waals surface area contributed by atoms with Gasteiger partial charge < -0.3 is 30.2 Å². The van der Waals surface area contributed by atoms with E-state index in [1.807, 2.05) is 48.0 Å². The highest BCUT2D eigenvalue weighted by molar-refractivity contribution is 5.98. The van der Waals surface area contributed by atoms with Crippen LogP contribution in [0.5, 0.6) is 11.5 Å². The highest BCUT2D eigenvalue weighted by Crippen LogP contribution is 2.40. The zero-order valence-electron chi connectivity index (χ0n) is 24.6. The van der Waals surface area contributed by atoms with Crippen LogP contribution < -0.4 is 15.8 Å². The fourth-order valence-corrected chi connectivity index (χ4v) is 5.67. The van der Waals surface area contributed by atoms with Crippen LogP contribution in [0.2, 0.25) is 0 Å². The van der Waals surface area contributed by atoms with Crippen LogP contribution in [0.25, 0.3) is 22.4 Å². The van der Waals surface area contributed by atoms with E-state index in [0.717, 1.165) is 16.8 Å². The van der Waals surface area contributed by atoms with Crippen molar-refractivity contribution in [3.8, 4) is 33.9 Å². The highest BCUT2D eigenvalue weighted by Gasteiger charge is 2.41. The summed E-state index contributed by atoms with van der Waals surface area (Å²) in [6.07, 6.45) is 1.19. The maximum Gasteiger partial charge on any atom is 0.270 e. The quantitative estimate of drug-likeness (QED) is 0.191. The molecule has 9 nitrogen and oxygen atoms in total. The molecule has 5 N–H and O–H groups in total. The minimum Gasteiger partial charge on any atom is -0.507 e. The number of nitrogens with zero attached hydrogens (tertiary/aromatic N) is 2. The van der Waals surface area contributed by atoms with Crippen LogP contribution in [-0.4, -0.2) is 63.3 Å². The maximum absolute atomic E-state index is 14.0. The Kier molecular flexibility index (Phi) is 9.32. The summed E-state index contributed by atoms with van der Waals surface area (Å²) in [5, 5.41) is 23.0. The molecule has 0 radical (unpaired) electrons. The summed E-state index contributed by atoms with van der Waals surface area (Å²) in [5.74, 6) is -0.260. The van der Waals surface area contributed by atoms with Crippen LogP contribution >= 0.6 is 0 Å². The first-order valence-electron chi connectivity index (χ1n) is 14.6. The fraction of sp³-hybridized carbons (Fsp3) is 0.294. The lowest BCUT2D eigenvalue weighted by molar-refractivity contribution is -0.126. The van der Waals surface area contributed by atoms with Gasteiger partial charge in [0.25, 0.3) is 5.91 Å². The molecule has 1 aromatic heterocycles. The Morgan fingerprint density at radius 1 is 1.00 bits per heavy atom. The van der Waals surface area contributed by atoms with E-state index in [0.29, 0.717) is 68.1 Å². The number of aromatic hydroxyl groups is 1. The van der Waals surface area contributed by atoms with Gasteiger partial charge >= 0.3 is 0 Å². The number of para-hydroxylation sites is 1. The molecule has 0 bridgehead atoms. The number of nitrogens with two attached hydrogens (primary N) is 1. The summed E-state index contributed by atoms with van der Waals surface area (Å²) < 4.78 is 20.8. The minimum atomic E-state index is -0.994. The molecule has 1 aliphatic rings. The molecule has 0 saturated carbocycles. The number of carbonyl (C=O) groups excluding carboxylic acids is 2. The van der Waals surface area contributed by atoms with Gasteiger partial charge in [-0.3, -0.25) is 14.9 Å². The Morgan fingerprint density at radius 3 is 2.32 bits per heavy atom. The molecule has 1 aliphatic heterocycles. The monoisotopic (exact) mass is 600 g/mol. The summed E-state index contributed by atoms with van der Waals surface area (Å²) in [5.41, 5.74) is 8.99. The highest BCUT2D eigenvalue weighted by atomic mass is 19.1. The number of aliphatic hydroxyl groups excluding tert-OH is 1. The average molecular weight is 601 g/mol. The van der Waals surface area contributed by atoms with Crippen LogP contribution in [0.3, 0.4) is 0 Å². The van der Waals surface area contributed by atoms with Crippen LogP contribution in [0.15, 0.2) is 78.9 Å². The molecule has 5 rings (SSSR count). The summed E-state index contributed by atoms with van der Waals surface area (Å²) in [7, 11) is 1.82. The number of halogens is 1. The number of phenols is 1. The number of aliphatic hydroxyl groups is 1. The van der Waals surface area contributed by atoms with Gasteiger partial charge in [-0.2, -0.15) is 0 Å². The van der Waals surface area contributed by atoms with Crippen molar-refractivity contribution in [1.29, 1.82) is 0 Å². The maximum atomic E-state index is 14.0. The second-order valence-corrected chi connectivity index (χ2v) is 11.0. The van der Waals surface area contributed by atoms with Gasteiger partial charge in [-0.1, -0.05) is 30.3 Å². The zero-order chi connectivity index (χ0) is 31.3. The molecule has 1 saturated heterocycles. The Labute approximate surface area is 255 Å². The second kappa shape index (κ2) is 13.3. The molecule has 2 heterocycles. The Morgan fingerprint density at radius 2 is 1.68 bits per heavy atom. The van der Waals surface area contributed by atoms with Crippen LogP contribution in [0.4, 0.5) is 4.39 Å². The van der Waals surface area contributed by atoms with Gasteiger partial charge in [0.15, 0.2) is 0 Å². The summed E-state index contributed by atoms with van der Waals surface area (Å²) in [6.45, 7) is 1.41. The van der Waals surface area contributed by atoms with Crippen LogP contribution in [0.1, 0.15) is 35.3 Å². The number of hydrogen-bond donors (Lipinski definition) is 4. The first-order chi connectivity index (χ1) is 21.2. The van der Waals surface area contributed by atoms with Gasteiger partial charge in [0.2, 0.25) is 5.91 Å². The largest absolute Gasteiger partial charge is 0.507 e. The van der Waals surface area contributed by atoms with Crippen molar-refractivity contribution in [3.63, 3.8) is 0 Å². The van der Waals surface area contributed by atoms with E-state index >= 15 is 0 Å². The number of amides is 2. The van der Waals surface area contributed by atoms with Gasteiger partial charge in [0.05, 0.1) is 12.3 Å². The molecule has 0 spiro atoms. The lowest BCUT2D eigenvalue weighted by atomic mass is 9.86. The van der Waals surface area contributed by atoms with Gasteiger partial charge in [0, 0.05) is 50.8 Å². The SMILES string of the molecule is Cn1c(C(=O)N2CCC(NCc3ccc(F)cc3)(C(N)=O)CC2)cc(-c2ccccc2O)c1-c1ccc(OCCCO)cc1. The van der Waals surface area contributed by atoms with Crippen LogP contribution in [0, 0.1) is 5.82 Å². The van der Waals surface area contributed by atoms with Gasteiger partial charge in [-0.15, -0.1) is 0 Å². The standard InChI is InChI=1S/C34H37FN4O5/c1-38-29(32(42)39-17-15-34(16-18-39,33(36)43)37-22-23-7-11-25(35)12-8-23)21-28(27-5-2-3-6-30(27)41)31(38)24-9-13-26(14-10-24)44-20-4-19-40/h2-3,5-14,21,37,40-41H,4,15-20,22H2,1H3,(H2,36,43). The smallest absolute Gasteiger partial charge is 0.270 e. The number of aromatic nitrogens is 1. The van der Waals surface area contributed by atoms with Crippen molar-refractivity contribution in [2.24, 2.45) is 12.8 Å². The first-order valence-corrected chi connectivity index (χ1v) is 14.6. The van der Waals surface area contributed by atoms with E-state index in [1.165, 1.54) is 12.1 Å². The molecular formula is C34H37FN4O5. The lowest BCUT2D eigenvalue weighted by Gasteiger charge is -2.40. The van der Waals surface area contributed by atoms with E-state index in [-0.39, 0.29) is 24.1 Å². The molecule has 0 aliphatic carbocycles. The average Bonchev–Trinajstić information content (AvgIpc) is 3.37. The van der Waals surface area contributed by atoms with E-state index in [2.05, 4.69) is 5.32 Å². The molecule has 0 unspecified atom stereocenters. The molecule has 2 amide bonds. The Hall–Kier alpha value is -4.67. The van der Waals surface area contributed by atoms with Crippen molar-refractivity contribution >= 4 is 11.8 Å². The molecule has 3 aromatic carbocycles. The Balaban J connectivity index is 1.39. The number of ether oxygens (including phenoxy) is 1. The molecule has 1 fully saturated rings. The van der Waals surface area contributed by atoms with Crippen molar-refractivity contribution in [1.82, 2.24) is 14.8 Å². The van der Waals surface area contributed by atoms with Gasteiger partial charge in [0.1, 0.15) is 28.5 Å². The first kappa shape index (κ1) is 30.8. The van der Waals surface area contributed by atoms with E-state index < -0.39 is 11.4 Å². The third kappa shape index (κ3) is 6.46. The number of phenolic OH excluding ortho intramolecular Hbond substituents is 1. The number of primary amides is 1. The number of nitrogens with one attached hydrogen (secondary N) is 1. The summed E-state index contributed by atoms with van der Waals surface area (Å²) >= 11 is 0. The van der Waals surface area contributed by atoms with Crippen molar-refractivity contribution in [2.75, 3.05) is 26.3 Å². The predicted molar refractivity (Wildman–Crippen MR) is 165 cm³/mol. The second-order valence-electron chi connectivity index (χ2n) is 11.0. The van der Waals surface area contributed by atoms with Crippen molar-refractivity contribution < 1.29 is 28.9 Å². The minimum absolute atomic E-state index is 0.0508. The van der Waals surface area contributed by atoms with E-state index in [1.54, 1.807) is 35.2 Å². The van der Waals surface area contributed by atoms with E-state index in [9.17, 15) is 19.1 Å². The number of carbonyl (C=O) groups is 2. The number of benzene rings is 3. The fourth-order valence-electron chi connectivity index (χ4n) is 5.67.